The van der Waals surface area contributed by atoms with E-state index < -0.39 is 17.5 Å². The first kappa shape index (κ1) is 18.5. The molecule has 0 saturated heterocycles. The van der Waals surface area contributed by atoms with Gasteiger partial charge in [0.15, 0.2) is 0 Å². The molecule has 0 aliphatic heterocycles. The molecule has 0 heterocycles. The van der Waals surface area contributed by atoms with Crippen molar-refractivity contribution >= 4 is 11.9 Å². The van der Waals surface area contributed by atoms with Gasteiger partial charge in [0.2, 0.25) is 5.60 Å². The maximum absolute atomic E-state index is 12.7. The molecule has 4 heteroatoms. The maximum Gasteiger partial charge on any atom is 0.350 e. The van der Waals surface area contributed by atoms with Crippen LogP contribution in [0.15, 0.2) is 18.2 Å². The summed E-state index contributed by atoms with van der Waals surface area (Å²) in [6.07, 6.45) is 3.92. The minimum Gasteiger partial charge on any atom is -0.463 e. The maximum atomic E-state index is 12.7. The molecule has 1 unspecified atom stereocenters. The van der Waals surface area contributed by atoms with E-state index in [4.69, 9.17) is 9.47 Å². The van der Waals surface area contributed by atoms with Crippen LogP contribution in [0.1, 0.15) is 68.6 Å². The van der Waals surface area contributed by atoms with Crippen molar-refractivity contribution in [2.45, 2.75) is 71.3 Å². The van der Waals surface area contributed by atoms with Crippen LogP contribution in [0.5, 0.6) is 0 Å². The second kappa shape index (κ2) is 7.82. The monoisotopic (exact) mass is 332 g/mol. The van der Waals surface area contributed by atoms with Gasteiger partial charge in [0.05, 0.1) is 12.5 Å². The molecule has 0 aromatic heterocycles. The summed E-state index contributed by atoms with van der Waals surface area (Å²) < 4.78 is 11.0. The van der Waals surface area contributed by atoms with E-state index in [0.29, 0.717) is 19.4 Å². The first-order chi connectivity index (χ1) is 11.4. The highest BCUT2D eigenvalue weighted by Gasteiger charge is 2.45. The molecule has 0 N–H and O–H groups in total. The van der Waals surface area contributed by atoms with Crippen LogP contribution >= 0.6 is 0 Å². The fraction of sp³-hybridized carbons (Fsp3) is 0.600. The molecule has 1 aliphatic rings. The number of rotatable bonds is 5. The fourth-order valence-corrected chi connectivity index (χ4v) is 3.18. The Morgan fingerprint density at radius 1 is 1.12 bits per heavy atom. The van der Waals surface area contributed by atoms with Crippen LogP contribution in [0, 0.1) is 13.8 Å². The average Bonchev–Trinajstić information content (AvgIpc) is 2.57. The van der Waals surface area contributed by atoms with Crippen molar-refractivity contribution in [2.75, 3.05) is 6.61 Å². The van der Waals surface area contributed by atoms with Crippen molar-refractivity contribution in [1.82, 2.24) is 0 Å². The molecule has 1 aromatic rings. The van der Waals surface area contributed by atoms with Gasteiger partial charge >= 0.3 is 11.9 Å². The van der Waals surface area contributed by atoms with Crippen molar-refractivity contribution < 1.29 is 19.1 Å². The number of ether oxygens (including phenoxy) is 2. The molecule has 24 heavy (non-hydrogen) atoms. The van der Waals surface area contributed by atoms with Gasteiger partial charge in [0.1, 0.15) is 0 Å². The van der Waals surface area contributed by atoms with Gasteiger partial charge in [0.25, 0.3) is 0 Å². The summed E-state index contributed by atoms with van der Waals surface area (Å²) in [5, 5.41) is 0. The van der Waals surface area contributed by atoms with E-state index in [1.165, 1.54) is 5.56 Å². The molecule has 2 rings (SSSR count). The first-order valence-corrected chi connectivity index (χ1v) is 8.87. The standard InChI is InChI=1S/C20H28O4/c1-5-23-19(22)20(11-7-6-8-12-20)24-18(21)16(4)17-10-9-14(2)15(3)13-17/h9-10,13,16H,5-8,11-12H2,1-4H3. The number of carbonyl (C=O) groups excluding carboxylic acids is 2. The van der Waals surface area contributed by atoms with Crippen LogP contribution < -0.4 is 0 Å². The van der Waals surface area contributed by atoms with Gasteiger partial charge in [-0.1, -0.05) is 24.6 Å². The molecule has 1 aliphatic carbocycles. The highest BCUT2D eigenvalue weighted by Crippen LogP contribution is 2.35. The third kappa shape index (κ3) is 3.97. The van der Waals surface area contributed by atoms with Crippen LogP contribution in [0.2, 0.25) is 0 Å². The second-order valence-electron chi connectivity index (χ2n) is 6.76. The lowest BCUT2D eigenvalue weighted by Crippen LogP contribution is -2.46. The van der Waals surface area contributed by atoms with Crippen LogP contribution in [0.4, 0.5) is 0 Å². The van der Waals surface area contributed by atoms with Gasteiger partial charge in [-0.3, -0.25) is 4.79 Å². The molecule has 1 saturated carbocycles. The predicted octanol–water partition coefficient (Wildman–Crippen LogP) is 4.22. The molecule has 1 aromatic carbocycles. The molecule has 1 atom stereocenters. The third-order valence-corrected chi connectivity index (χ3v) is 4.99. The van der Waals surface area contributed by atoms with Crippen molar-refractivity contribution in [3.8, 4) is 0 Å². The van der Waals surface area contributed by atoms with E-state index in [2.05, 4.69) is 0 Å². The molecule has 0 bridgehead atoms. The molecule has 0 amide bonds. The van der Waals surface area contributed by atoms with Gasteiger partial charge < -0.3 is 9.47 Å². The zero-order valence-electron chi connectivity index (χ0n) is 15.2. The Balaban J connectivity index is 2.17. The van der Waals surface area contributed by atoms with Crippen LogP contribution in [-0.4, -0.2) is 24.1 Å². The summed E-state index contributed by atoms with van der Waals surface area (Å²) >= 11 is 0. The molecular weight excluding hydrogens is 304 g/mol. The van der Waals surface area contributed by atoms with Gasteiger partial charge in [0, 0.05) is 0 Å². The molecule has 4 nitrogen and oxygen atoms in total. The van der Waals surface area contributed by atoms with E-state index in [1.54, 1.807) is 6.92 Å². The van der Waals surface area contributed by atoms with Crippen LogP contribution in [0.3, 0.4) is 0 Å². The quantitative estimate of drug-likeness (QED) is 0.758. The van der Waals surface area contributed by atoms with E-state index in [1.807, 2.05) is 39.0 Å². The highest BCUT2D eigenvalue weighted by molar-refractivity contribution is 5.86. The number of hydrogen-bond acceptors (Lipinski definition) is 4. The molecular formula is C20H28O4. The lowest BCUT2D eigenvalue weighted by atomic mass is 9.84. The first-order valence-electron chi connectivity index (χ1n) is 8.87. The van der Waals surface area contributed by atoms with Crippen molar-refractivity contribution in [3.63, 3.8) is 0 Å². The van der Waals surface area contributed by atoms with Crippen LogP contribution in [-0.2, 0) is 19.1 Å². The number of esters is 2. The number of aryl methyl sites for hydroxylation is 2. The molecule has 0 spiro atoms. The lowest BCUT2D eigenvalue weighted by molar-refractivity contribution is -0.187. The zero-order valence-corrected chi connectivity index (χ0v) is 15.2. The van der Waals surface area contributed by atoms with Gasteiger partial charge in [-0.05, 0) is 70.1 Å². The fourth-order valence-electron chi connectivity index (χ4n) is 3.18. The highest BCUT2D eigenvalue weighted by atomic mass is 16.6. The Morgan fingerprint density at radius 2 is 1.79 bits per heavy atom. The largest absolute Gasteiger partial charge is 0.463 e. The van der Waals surface area contributed by atoms with E-state index in [9.17, 15) is 9.59 Å². The van der Waals surface area contributed by atoms with Gasteiger partial charge in [-0.25, -0.2) is 4.79 Å². The summed E-state index contributed by atoms with van der Waals surface area (Å²) in [7, 11) is 0. The second-order valence-corrected chi connectivity index (χ2v) is 6.76. The lowest BCUT2D eigenvalue weighted by Gasteiger charge is -2.35. The van der Waals surface area contributed by atoms with Crippen molar-refractivity contribution in [2.24, 2.45) is 0 Å². The summed E-state index contributed by atoms with van der Waals surface area (Å²) in [6, 6.07) is 5.97. The summed E-state index contributed by atoms with van der Waals surface area (Å²) in [5.41, 5.74) is 2.15. The Hall–Kier alpha value is -1.84. The third-order valence-electron chi connectivity index (χ3n) is 4.99. The van der Waals surface area contributed by atoms with E-state index >= 15 is 0 Å². The Bertz CT molecular complexity index is 600. The topological polar surface area (TPSA) is 52.6 Å². The summed E-state index contributed by atoms with van der Waals surface area (Å²) in [5.74, 6) is -1.16. The number of carbonyl (C=O) groups is 2. The average molecular weight is 332 g/mol. The van der Waals surface area contributed by atoms with Crippen LogP contribution in [0.25, 0.3) is 0 Å². The van der Waals surface area contributed by atoms with Gasteiger partial charge in [-0.2, -0.15) is 0 Å². The number of benzene rings is 1. The minimum absolute atomic E-state index is 0.296. The normalized spacial score (nSPS) is 17.8. The van der Waals surface area contributed by atoms with Crippen molar-refractivity contribution in [3.05, 3.63) is 34.9 Å². The Morgan fingerprint density at radius 3 is 2.38 bits per heavy atom. The molecule has 0 radical (unpaired) electrons. The summed E-state index contributed by atoms with van der Waals surface area (Å²) in [6.45, 7) is 7.96. The van der Waals surface area contributed by atoms with E-state index in [-0.39, 0.29) is 5.97 Å². The predicted molar refractivity (Wildman–Crippen MR) is 92.9 cm³/mol. The van der Waals surface area contributed by atoms with E-state index in [0.717, 1.165) is 30.4 Å². The molecule has 1 fully saturated rings. The summed E-state index contributed by atoms with van der Waals surface area (Å²) in [4.78, 5) is 25.1. The molecule has 132 valence electrons. The van der Waals surface area contributed by atoms with Gasteiger partial charge in [-0.15, -0.1) is 0 Å². The minimum atomic E-state index is -1.10. The SMILES string of the molecule is CCOC(=O)C1(OC(=O)C(C)c2ccc(C)c(C)c2)CCCCC1. The Labute approximate surface area is 144 Å². The Kier molecular flexibility index (Phi) is 6.03. The number of hydrogen-bond donors (Lipinski definition) is 0. The van der Waals surface area contributed by atoms with Crippen molar-refractivity contribution in [1.29, 1.82) is 0 Å². The zero-order chi connectivity index (χ0) is 17.7. The smallest absolute Gasteiger partial charge is 0.350 e.